The summed E-state index contributed by atoms with van der Waals surface area (Å²) in [6.07, 6.45) is -0.449. The third-order valence-corrected chi connectivity index (χ3v) is 7.29. The monoisotopic (exact) mass is 510 g/mol. The lowest BCUT2D eigenvalue weighted by Gasteiger charge is -2.16. The number of fused-ring (bicyclic) bond motifs is 7. The maximum absolute atomic E-state index is 12.4. The summed E-state index contributed by atoms with van der Waals surface area (Å²) >= 11 is 1.69. The average Bonchev–Trinajstić information content (AvgIpc) is 3.26. The Hall–Kier alpha value is -4.16. The highest BCUT2D eigenvalue weighted by Gasteiger charge is 2.19. The van der Waals surface area contributed by atoms with E-state index in [1.165, 1.54) is 0 Å². The van der Waals surface area contributed by atoms with Gasteiger partial charge in [0.2, 0.25) is 0 Å². The van der Waals surface area contributed by atoms with Crippen LogP contribution in [0.5, 0.6) is 11.5 Å². The van der Waals surface area contributed by atoms with Crippen LogP contribution in [-0.4, -0.2) is 24.6 Å². The Morgan fingerprint density at radius 1 is 0.838 bits per heavy atom. The lowest BCUT2D eigenvalue weighted by molar-refractivity contribution is -0.144. The topological polar surface area (TPSA) is 61.8 Å². The Bertz CT molecular complexity index is 1740. The van der Waals surface area contributed by atoms with Crippen LogP contribution < -0.4 is 9.47 Å². The molecule has 0 saturated heterocycles. The molecule has 0 radical (unpaired) electrons. The summed E-state index contributed by atoms with van der Waals surface area (Å²) < 4.78 is 19.6. The minimum atomic E-state index is -0.462. The highest BCUT2D eigenvalue weighted by atomic mass is 32.1. The van der Waals surface area contributed by atoms with Crippen LogP contribution in [0, 0.1) is 0 Å². The van der Waals surface area contributed by atoms with Crippen LogP contribution in [0.2, 0.25) is 0 Å². The maximum Gasteiger partial charge on any atom is 0.338 e. The Balaban J connectivity index is 1.69. The predicted octanol–water partition coefficient (Wildman–Crippen LogP) is 7.73. The van der Waals surface area contributed by atoms with Gasteiger partial charge in [-0.3, -0.25) is 0 Å². The molecule has 0 spiro atoms. The predicted molar refractivity (Wildman–Crippen MR) is 151 cm³/mol. The molecule has 1 atom stereocenters. The standard InChI is InChI=1S/C31H26O5S/c1-17(2)30(32)35-19(5)16-34-24-12-8-9-20-13-14-26-28(27(20)24)23-15-25(36-31(33)18(3)4)21-10-6-7-11-22(21)29(23)37-26/h6-15,19H,1,3,16H2,2,4-5H3. The van der Waals surface area contributed by atoms with Crippen molar-refractivity contribution >= 4 is 65.0 Å². The highest BCUT2D eigenvalue weighted by molar-refractivity contribution is 7.27. The first kappa shape index (κ1) is 24.5. The van der Waals surface area contributed by atoms with Crippen LogP contribution in [0.1, 0.15) is 20.8 Å². The molecule has 0 fully saturated rings. The second-order valence-electron chi connectivity index (χ2n) is 9.17. The number of carbonyl (C=O) groups is 2. The van der Waals surface area contributed by atoms with Crippen molar-refractivity contribution in [1.29, 1.82) is 0 Å². The maximum atomic E-state index is 12.4. The first-order valence-corrected chi connectivity index (χ1v) is 12.7. The van der Waals surface area contributed by atoms with Crippen LogP contribution in [0.25, 0.3) is 41.7 Å². The van der Waals surface area contributed by atoms with E-state index in [0.717, 1.165) is 41.7 Å². The number of ether oxygens (including phenoxy) is 3. The van der Waals surface area contributed by atoms with Crippen molar-refractivity contribution in [3.63, 3.8) is 0 Å². The van der Waals surface area contributed by atoms with Gasteiger partial charge in [-0.05, 0) is 44.4 Å². The molecule has 0 amide bonds. The van der Waals surface area contributed by atoms with Crippen molar-refractivity contribution in [1.82, 2.24) is 0 Å². The zero-order chi connectivity index (χ0) is 26.3. The van der Waals surface area contributed by atoms with Crippen LogP contribution in [-0.2, 0) is 14.3 Å². The third-order valence-electron chi connectivity index (χ3n) is 6.09. The molecule has 5 rings (SSSR count). The van der Waals surface area contributed by atoms with E-state index in [9.17, 15) is 9.59 Å². The lowest BCUT2D eigenvalue weighted by Crippen LogP contribution is -2.22. The quantitative estimate of drug-likeness (QED) is 0.127. The van der Waals surface area contributed by atoms with Crippen LogP contribution >= 0.6 is 11.3 Å². The Morgan fingerprint density at radius 2 is 1.57 bits per heavy atom. The molecule has 5 nitrogen and oxygen atoms in total. The van der Waals surface area contributed by atoms with Gasteiger partial charge in [0.15, 0.2) is 0 Å². The van der Waals surface area contributed by atoms with Gasteiger partial charge in [-0.15, -0.1) is 11.3 Å². The number of hydrogen-bond donors (Lipinski definition) is 0. The summed E-state index contributed by atoms with van der Waals surface area (Å²) in [6.45, 7) is 12.6. The lowest BCUT2D eigenvalue weighted by atomic mass is 10.0. The van der Waals surface area contributed by atoms with Crippen molar-refractivity contribution < 1.29 is 23.8 Å². The summed E-state index contributed by atoms with van der Waals surface area (Å²) in [4.78, 5) is 24.4. The summed E-state index contributed by atoms with van der Waals surface area (Å²) in [5.41, 5.74) is 0.681. The molecular formula is C31H26O5S. The second-order valence-corrected chi connectivity index (χ2v) is 10.2. The number of carbonyl (C=O) groups excluding carboxylic acids is 2. The fourth-order valence-corrected chi connectivity index (χ4v) is 5.55. The van der Waals surface area contributed by atoms with Crippen LogP contribution in [0.4, 0.5) is 0 Å². The van der Waals surface area contributed by atoms with Gasteiger partial charge in [0.25, 0.3) is 0 Å². The SMILES string of the molecule is C=C(C)C(=O)Oc1cc2c(sc3ccc4cccc(OCC(C)OC(=O)C(=C)C)c4c32)c2ccccc12. The zero-order valence-corrected chi connectivity index (χ0v) is 21.7. The highest BCUT2D eigenvalue weighted by Crippen LogP contribution is 2.46. The van der Waals surface area contributed by atoms with E-state index in [0.29, 0.717) is 22.6 Å². The molecule has 0 aliphatic carbocycles. The second kappa shape index (κ2) is 9.71. The normalized spacial score (nSPS) is 12.1. The van der Waals surface area contributed by atoms with E-state index in [1.54, 1.807) is 32.1 Å². The average molecular weight is 511 g/mol. The molecule has 186 valence electrons. The van der Waals surface area contributed by atoms with Gasteiger partial charge < -0.3 is 14.2 Å². The first-order valence-electron chi connectivity index (χ1n) is 11.9. The molecule has 5 aromatic rings. The van der Waals surface area contributed by atoms with Gasteiger partial charge in [0.1, 0.15) is 24.2 Å². The molecule has 4 aromatic carbocycles. The summed E-state index contributed by atoms with van der Waals surface area (Å²) in [5, 5.41) is 5.86. The van der Waals surface area contributed by atoms with Gasteiger partial charge in [0.05, 0.1) is 0 Å². The van der Waals surface area contributed by atoms with Gasteiger partial charge in [-0.1, -0.05) is 55.6 Å². The van der Waals surface area contributed by atoms with E-state index < -0.39 is 18.0 Å². The largest absolute Gasteiger partial charge is 0.489 e. The van der Waals surface area contributed by atoms with Crippen molar-refractivity contribution in [3.05, 3.63) is 85.0 Å². The number of benzene rings is 4. The summed E-state index contributed by atoms with van der Waals surface area (Å²) in [5.74, 6) is 0.279. The molecule has 1 unspecified atom stereocenters. The zero-order valence-electron chi connectivity index (χ0n) is 20.9. The molecule has 0 bridgehead atoms. The van der Waals surface area contributed by atoms with Crippen LogP contribution in [0.3, 0.4) is 0 Å². The Morgan fingerprint density at radius 3 is 2.30 bits per heavy atom. The molecule has 0 saturated carbocycles. The fourth-order valence-electron chi connectivity index (χ4n) is 4.32. The minimum Gasteiger partial charge on any atom is -0.489 e. The van der Waals surface area contributed by atoms with E-state index in [4.69, 9.17) is 14.2 Å². The van der Waals surface area contributed by atoms with Crippen molar-refractivity contribution in [2.75, 3.05) is 6.61 Å². The molecule has 0 N–H and O–H groups in total. The van der Waals surface area contributed by atoms with Gasteiger partial charge in [-0.2, -0.15) is 0 Å². The van der Waals surface area contributed by atoms with E-state index in [1.807, 2.05) is 48.5 Å². The van der Waals surface area contributed by atoms with E-state index in [2.05, 4.69) is 25.3 Å². The van der Waals surface area contributed by atoms with Crippen molar-refractivity contribution in [2.45, 2.75) is 26.9 Å². The number of hydrogen-bond acceptors (Lipinski definition) is 6. The van der Waals surface area contributed by atoms with Crippen LogP contribution in [0.15, 0.2) is 85.0 Å². The van der Waals surface area contributed by atoms with Gasteiger partial charge >= 0.3 is 11.9 Å². The van der Waals surface area contributed by atoms with E-state index in [-0.39, 0.29) is 6.61 Å². The molecule has 6 heteroatoms. The summed E-state index contributed by atoms with van der Waals surface area (Å²) in [7, 11) is 0. The van der Waals surface area contributed by atoms with Crippen molar-refractivity contribution in [3.8, 4) is 11.5 Å². The Labute approximate surface area is 218 Å². The fraction of sp³-hybridized carbons (Fsp3) is 0.161. The minimum absolute atomic E-state index is 0.195. The number of rotatable bonds is 7. The smallest absolute Gasteiger partial charge is 0.338 e. The van der Waals surface area contributed by atoms with E-state index >= 15 is 0 Å². The van der Waals surface area contributed by atoms with Crippen molar-refractivity contribution in [2.24, 2.45) is 0 Å². The van der Waals surface area contributed by atoms with Gasteiger partial charge in [0, 0.05) is 47.5 Å². The molecule has 1 heterocycles. The molecule has 1 aromatic heterocycles. The Kier molecular flexibility index (Phi) is 6.44. The number of esters is 2. The van der Waals surface area contributed by atoms with Gasteiger partial charge in [-0.25, -0.2) is 9.59 Å². The molecule has 0 aliphatic rings. The molecule has 0 aliphatic heterocycles. The molecular weight excluding hydrogens is 484 g/mol. The summed E-state index contributed by atoms with van der Waals surface area (Å²) in [6, 6.07) is 19.9. The first-order chi connectivity index (χ1) is 17.7. The molecule has 37 heavy (non-hydrogen) atoms. The third kappa shape index (κ3) is 4.56. The number of thiophene rings is 1.